The van der Waals surface area contributed by atoms with Crippen LogP contribution in [-0.4, -0.2) is 54.6 Å². The molecule has 0 atom stereocenters. The summed E-state index contributed by atoms with van der Waals surface area (Å²) in [4.78, 5) is 12.7. The van der Waals surface area contributed by atoms with Crippen molar-refractivity contribution in [2.24, 2.45) is 0 Å². The van der Waals surface area contributed by atoms with Crippen LogP contribution < -0.4 is 18.9 Å². The van der Waals surface area contributed by atoms with E-state index in [0.29, 0.717) is 17.1 Å². The van der Waals surface area contributed by atoms with Crippen LogP contribution in [0.3, 0.4) is 0 Å². The minimum Gasteiger partial charge on any atom is -0.493 e. The highest BCUT2D eigenvalue weighted by Crippen LogP contribution is 2.41. The van der Waals surface area contributed by atoms with E-state index >= 15 is 0 Å². The number of hydrogen-bond acceptors (Lipinski definition) is 9. The average Bonchev–Trinajstić information content (AvgIpc) is 2.79. The molecule has 164 valence electrons. The molecule has 0 aliphatic carbocycles. The molecule has 3 rings (SSSR count). The molecule has 0 aliphatic heterocycles. The first kappa shape index (κ1) is 22.2. The second-order valence-electron chi connectivity index (χ2n) is 6.10. The number of anilines is 1. The Kier molecular flexibility index (Phi) is 7.21. The van der Waals surface area contributed by atoms with Gasteiger partial charge in [-0.2, -0.15) is 4.98 Å². The maximum Gasteiger partial charge on any atom is 0.263 e. The van der Waals surface area contributed by atoms with E-state index in [4.69, 9.17) is 14.2 Å². The third-order valence-corrected chi connectivity index (χ3v) is 5.28. The molecule has 2 heterocycles. The topological polar surface area (TPSA) is 133 Å². The molecule has 31 heavy (non-hydrogen) atoms. The van der Waals surface area contributed by atoms with Gasteiger partial charge in [-0.25, -0.2) is 13.4 Å². The van der Waals surface area contributed by atoms with Crippen LogP contribution in [0.25, 0.3) is 11.4 Å². The van der Waals surface area contributed by atoms with E-state index in [2.05, 4.69) is 19.7 Å². The third-order valence-electron chi connectivity index (χ3n) is 4.02. The molecule has 0 spiro atoms. The molecule has 0 amide bonds. The van der Waals surface area contributed by atoms with Crippen molar-refractivity contribution in [1.29, 1.82) is 0 Å². The Hall–Kier alpha value is -3.44. The third kappa shape index (κ3) is 5.58. The highest BCUT2D eigenvalue weighted by molar-refractivity contribution is 7.92. The number of nitrogens with one attached hydrogen (secondary N) is 1. The summed E-state index contributed by atoms with van der Waals surface area (Å²) in [5.41, 5.74) is 0.588. The maximum atomic E-state index is 12.3. The number of methoxy groups -OCH3 is 1. The van der Waals surface area contributed by atoms with E-state index in [1.54, 1.807) is 48.8 Å². The lowest BCUT2D eigenvalue weighted by atomic mass is 10.2. The number of aliphatic hydroxyl groups excluding tert-OH is 1. The van der Waals surface area contributed by atoms with E-state index in [-0.39, 0.29) is 42.2 Å². The van der Waals surface area contributed by atoms with Gasteiger partial charge in [0, 0.05) is 18.0 Å². The van der Waals surface area contributed by atoms with Crippen LogP contribution in [-0.2, 0) is 10.0 Å². The Morgan fingerprint density at radius 1 is 1.06 bits per heavy atom. The summed E-state index contributed by atoms with van der Waals surface area (Å²) in [6, 6.07) is 10.2. The fourth-order valence-corrected chi connectivity index (χ4v) is 3.07. The predicted octanol–water partition coefficient (Wildman–Crippen LogP) is 2.47. The van der Waals surface area contributed by atoms with Gasteiger partial charge in [-0.1, -0.05) is 12.1 Å². The molecule has 0 fully saturated rings. The standard InChI is InChI=1S/C20H22N4O6S/c1-3-31(26,27)24-19-17(30-16-7-5-4-6-15(16)28-2)20(29-13-12-25)23-18(22-19)14-8-10-21-11-9-14/h4-11,25H,3,12-13H2,1-2H3,(H,22,23,24). The van der Waals surface area contributed by atoms with Gasteiger partial charge in [0.1, 0.15) is 6.61 Å². The summed E-state index contributed by atoms with van der Waals surface area (Å²) in [5, 5.41) is 9.22. The molecule has 0 saturated heterocycles. The van der Waals surface area contributed by atoms with E-state index in [9.17, 15) is 13.5 Å². The molecule has 0 aliphatic rings. The predicted molar refractivity (Wildman–Crippen MR) is 114 cm³/mol. The molecule has 10 nitrogen and oxygen atoms in total. The Morgan fingerprint density at radius 3 is 2.42 bits per heavy atom. The van der Waals surface area contributed by atoms with Gasteiger partial charge in [0.2, 0.25) is 15.8 Å². The van der Waals surface area contributed by atoms with Gasteiger partial charge >= 0.3 is 0 Å². The van der Waals surface area contributed by atoms with Crippen LogP contribution in [0.1, 0.15) is 6.92 Å². The van der Waals surface area contributed by atoms with Gasteiger partial charge < -0.3 is 19.3 Å². The zero-order chi connectivity index (χ0) is 22.3. The number of ether oxygens (including phenoxy) is 3. The lowest BCUT2D eigenvalue weighted by Crippen LogP contribution is -2.17. The Morgan fingerprint density at radius 2 is 1.77 bits per heavy atom. The maximum absolute atomic E-state index is 12.3. The van der Waals surface area contributed by atoms with Crippen molar-refractivity contribution in [2.75, 3.05) is 30.8 Å². The minimum absolute atomic E-state index is 0.0458. The first-order valence-electron chi connectivity index (χ1n) is 9.35. The first-order chi connectivity index (χ1) is 15.0. The summed E-state index contributed by atoms with van der Waals surface area (Å²) < 4.78 is 43.9. The molecule has 3 aromatic rings. The SMILES string of the molecule is CCS(=O)(=O)Nc1nc(-c2ccncc2)nc(OCCO)c1Oc1ccccc1OC. The largest absolute Gasteiger partial charge is 0.493 e. The molecule has 1 aromatic carbocycles. The van der Waals surface area contributed by atoms with Crippen molar-refractivity contribution < 1.29 is 27.7 Å². The lowest BCUT2D eigenvalue weighted by Gasteiger charge is -2.17. The number of benzene rings is 1. The zero-order valence-electron chi connectivity index (χ0n) is 17.0. The van der Waals surface area contributed by atoms with Crippen molar-refractivity contribution in [3.8, 4) is 34.5 Å². The van der Waals surface area contributed by atoms with Crippen molar-refractivity contribution >= 4 is 15.8 Å². The van der Waals surface area contributed by atoms with E-state index in [1.807, 2.05) is 0 Å². The molecule has 0 unspecified atom stereocenters. The number of para-hydroxylation sites is 2. The zero-order valence-corrected chi connectivity index (χ0v) is 17.8. The van der Waals surface area contributed by atoms with Crippen molar-refractivity contribution in [3.63, 3.8) is 0 Å². The van der Waals surface area contributed by atoms with Gasteiger partial charge in [-0.05, 0) is 31.2 Å². The molecule has 0 radical (unpaired) electrons. The Balaban J connectivity index is 2.19. The summed E-state index contributed by atoms with van der Waals surface area (Å²) in [6.07, 6.45) is 3.12. The Bertz CT molecular complexity index is 1130. The smallest absolute Gasteiger partial charge is 0.263 e. The van der Waals surface area contributed by atoms with E-state index < -0.39 is 10.0 Å². The highest BCUT2D eigenvalue weighted by atomic mass is 32.2. The van der Waals surface area contributed by atoms with Gasteiger partial charge in [0.05, 0.1) is 19.5 Å². The summed E-state index contributed by atoms with van der Waals surface area (Å²) in [5.74, 6) is 0.513. The number of hydrogen-bond donors (Lipinski definition) is 2. The van der Waals surface area contributed by atoms with Crippen molar-refractivity contribution in [1.82, 2.24) is 15.0 Å². The van der Waals surface area contributed by atoms with E-state index in [0.717, 1.165) is 0 Å². The van der Waals surface area contributed by atoms with E-state index in [1.165, 1.54) is 14.0 Å². The number of nitrogens with zero attached hydrogens (tertiary/aromatic N) is 3. The molecule has 11 heteroatoms. The summed E-state index contributed by atoms with van der Waals surface area (Å²) in [7, 11) is -2.23. The van der Waals surface area contributed by atoms with Crippen LogP contribution in [0, 0.1) is 0 Å². The lowest BCUT2D eigenvalue weighted by molar-refractivity contribution is 0.192. The fraction of sp³-hybridized carbons (Fsp3) is 0.250. The van der Waals surface area contributed by atoms with Gasteiger partial charge in [-0.15, -0.1) is 0 Å². The molecular weight excluding hydrogens is 424 g/mol. The van der Waals surface area contributed by atoms with Crippen molar-refractivity contribution in [2.45, 2.75) is 6.92 Å². The molecule has 2 aromatic heterocycles. The van der Waals surface area contributed by atoms with Gasteiger partial charge in [0.25, 0.3) is 5.88 Å². The fourth-order valence-electron chi connectivity index (χ4n) is 2.49. The molecule has 0 bridgehead atoms. The number of pyridine rings is 1. The average molecular weight is 446 g/mol. The number of aromatic nitrogens is 3. The highest BCUT2D eigenvalue weighted by Gasteiger charge is 2.23. The second kappa shape index (κ2) is 10.0. The van der Waals surface area contributed by atoms with Crippen LogP contribution in [0.4, 0.5) is 5.82 Å². The second-order valence-corrected chi connectivity index (χ2v) is 8.11. The van der Waals surface area contributed by atoms with Crippen LogP contribution >= 0.6 is 0 Å². The van der Waals surface area contributed by atoms with Crippen LogP contribution in [0.15, 0.2) is 48.8 Å². The summed E-state index contributed by atoms with van der Waals surface area (Å²) >= 11 is 0. The first-order valence-corrected chi connectivity index (χ1v) is 11.0. The summed E-state index contributed by atoms with van der Waals surface area (Å²) in [6.45, 7) is 1.13. The quantitative estimate of drug-likeness (QED) is 0.482. The van der Waals surface area contributed by atoms with Gasteiger partial charge in [-0.3, -0.25) is 9.71 Å². The van der Waals surface area contributed by atoms with Crippen LogP contribution in [0.2, 0.25) is 0 Å². The minimum atomic E-state index is -3.71. The van der Waals surface area contributed by atoms with Gasteiger partial charge in [0.15, 0.2) is 23.1 Å². The molecule has 2 N–H and O–H groups in total. The number of rotatable bonds is 10. The Labute approximate surface area is 179 Å². The number of sulfonamides is 1. The number of aliphatic hydroxyl groups is 1. The monoisotopic (exact) mass is 446 g/mol. The molecule has 0 saturated carbocycles. The van der Waals surface area contributed by atoms with Crippen molar-refractivity contribution in [3.05, 3.63) is 48.8 Å². The normalized spacial score (nSPS) is 11.1. The van der Waals surface area contributed by atoms with Crippen LogP contribution in [0.5, 0.6) is 23.1 Å². The molecular formula is C20H22N4O6S.